The van der Waals surface area contributed by atoms with Crippen molar-refractivity contribution < 1.29 is 18.3 Å². The molecule has 0 saturated carbocycles. The summed E-state index contributed by atoms with van der Waals surface area (Å²) in [7, 11) is 0. The lowest BCUT2D eigenvalue weighted by atomic mass is 9.92. The van der Waals surface area contributed by atoms with Crippen molar-refractivity contribution in [2.75, 3.05) is 26.2 Å². The number of hydrogen-bond donors (Lipinski definition) is 1. The van der Waals surface area contributed by atoms with Gasteiger partial charge in [-0.15, -0.1) is 12.4 Å². The molecule has 0 radical (unpaired) electrons. The molecule has 2 aliphatic heterocycles. The van der Waals surface area contributed by atoms with Crippen LogP contribution in [0.25, 0.3) is 0 Å². The monoisotopic (exact) mass is 408 g/mol. The molecule has 2 atom stereocenters. The van der Waals surface area contributed by atoms with Gasteiger partial charge in [-0.3, -0.25) is 4.79 Å². The second-order valence-electron chi connectivity index (χ2n) is 7.25. The molecule has 4 nitrogen and oxygen atoms in total. The van der Waals surface area contributed by atoms with Gasteiger partial charge in [0.15, 0.2) is 11.6 Å². The first-order valence-electron chi connectivity index (χ1n) is 9.33. The Morgan fingerprint density at radius 1 is 0.929 bits per heavy atom. The molecule has 0 aromatic heterocycles. The Kier molecular flexibility index (Phi) is 6.52. The summed E-state index contributed by atoms with van der Waals surface area (Å²) in [6.45, 7) is 3.69. The molecular weight excluding hydrogens is 386 g/mol. The van der Waals surface area contributed by atoms with Crippen LogP contribution in [0.1, 0.15) is 23.2 Å². The summed E-state index contributed by atoms with van der Waals surface area (Å²) in [6.07, 6.45) is 2.08. The zero-order valence-corrected chi connectivity index (χ0v) is 16.2. The molecule has 1 N–H and O–H groups in total. The van der Waals surface area contributed by atoms with E-state index >= 15 is 0 Å². The van der Waals surface area contributed by atoms with Crippen LogP contribution in [-0.2, 0) is 0 Å². The highest BCUT2D eigenvalue weighted by Gasteiger charge is 2.31. The molecule has 1 amide bonds. The maximum Gasteiger partial charge on any atom is 0.253 e. The molecule has 28 heavy (non-hydrogen) atoms. The fourth-order valence-corrected chi connectivity index (χ4v) is 3.95. The number of fused-ring (bicyclic) bond motifs is 1. The molecule has 7 heteroatoms. The maximum absolute atomic E-state index is 13.3. The number of nitrogens with one attached hydrogen (secondary N) is 1. The average molecular weight is 409 g/mol. The Morgan fingerprint density at radius 2 is 1.54 bits per heavy atom. The van der Waals surface area contributed by atoms with Gasteiger partial charge in [-0.25, -0.2) is 8.78 Å². The predicted octanol–water partition coefficient (Wildman–Crippen LogP) is 4.25. The standard InChI is InChI=1S/C21H22F2N2O2.ClH/c22-19-6-5-18(11-20(19)23)27-17-3-1-14(2-4-17)21(26)25-9-7-15-12-24-13-16(15)8-10-25;/h1-6,11,15-16,24H,7-10,12-13H2;1H/t15-,16+;. The maximum atomic E-state index is 13.3. The molecule has 0 bridgehead atoms. The molecule has 2 fully saturated rings. The summed E-state index contributed by atoms with van der Waals surface area (Å²) in [5.74, 6) is 0.183. The Balaban J connectivity index is 0.00000225. The molecule has 2 saturated heterocycles. The summed E-state index contributed by atoms with van der Waals surface area (Å²) >= 11 is 0. The largest absolute Gasteiger partial charge is 0.457 e. The van der Waals surface area contributed by atoms with Gasteiger partial charge in [0.05, 0.1) is 0 Å². The first-order chi connectivity index (χ1) is 13.1. The van der Waals surface area contributed by atoms with Gasteiger partial charge in [0.25, 0.3) is 5.91 Å². The number of hydrogen-bond acceptors (Lipinski definition) is 3. The molecule has 150 valence electrons. The highest BCUT2D eigenvalue weighted by atomic mass is 35.5. The van der Waals surface area contributed by atoms with Gasteiger partial charge in [0, 0.05) is 24.7 Å². The molecule has 4 rings (SSSR count). The number of halogens is 3. The molecule has 0 spiro atoms. The summed E-state index contributed by atoms with van der Waals surface area (Å²) in [4.78, 5) is 14.7. The minimum absolute atomic E-state index is 0. The van der Waals surface area contributed by atoms with Crippen molar-refractivity contribution in [2.24, 2.45) is 11.8 Å². The van der Waals surface area contributed by atoms with Gasteiger partial charge < -0.3 is 15.0 Å². The van der Waals surface area contributed by atoms with Crippen molar-refractivity contribution >= 4 is 18.3 Å². The van der Waals surface area contributed by atoms with E-state index in [1.54, 1.807) is 24.3 Å². The predicted molar refractivity (Wildman–Crippen MR) is 105 cm³/mol. The van der Waals surface area contributed by atoms with E-state index in [0.29, 0.717) is 23.1 Å². The van der Waals surface area contributed by atoms with Crippen LogP contribution in [-0.4, -0.2) is 37.0 Å². The van der Waals surface area contributed by atoms with Crippen LogP contribution >= 0.6 is 12.4 Å². The highest BCUT2D eigenvalue weighted by Crippen LogP contribution is 2.28. The number of carbonyl (C=O) groups excluding carboxylic acids is 1. The number of ether oxygens (including phenoxy) is 1. The number of amides is 1. The van der Waals surface area contributed by atoms with Crippen LogP contribution in [0.2, 0.25) is 0 Å². The van der Waals surface area contributed by atoms with Crippen LogP contribution < -0.4 is 10.1 Å². The molecule has 2 heterocycles. The number of nitrogens with zero attached hydrogens (tertiary/aromatic N) is 1. The molecule has 2 aromatic carbocycles. The van der Waals surface area contributed by atoms with Crippen molar-refractivity contribution in [3.05, 3.63) is 59.7 Å². The van der Waals surface area contributed by atoms with Crippen molar-refractivity contribution in [3.8, 4) is 11.5 Å². The van der Waals surface area contributed by atoms with Crippen molar-refractivity contribution in [3.63, 3.8) is 0 Å². The number of rotatable bonds is 3. The van der Waals surface area contributed by atoms with E-state index in [9.17, 15) is 13.6 Å². The van der Waals surface area contributed by atoms with E-state index in [0.717, 1.165) is 51.2 Å². The van der Waals surface area contributed by atoms with Crippen molar-refractivity contribution in [1.82, 2.24) is 10.2 Å². The smallest absolute Gasteiger partial charge is 0.253 e. The Bertz CT molecular complexity index is 818. The molecule has 2 aromatic rings. The van der Waals surface area contributed by atoms with E-state index in [-0.39, 0.29) is 24.1 Å². The lowest BCUT2D eigenvalue weighted by molar-refractivity contribution is 0.0758. The van der Waals surface area contributed by atoms with Crippen LogP contribution in [0, 0.1) is 23.5 Å². The lowest BCUT2D eigenvalue weighted by Gasteiger charge is -2.21. The number of carbonyl (C=O) groups is 1. The first kappa shape index (κ1) is 20.6. The van der Waals surface area contributed by atoms with Crippen LogP contribution in [0.5, 0.6) is 11.5 Å². The summed E-state index contributed by atoms with van der Waals surface area (Å²) in [5, 5.41) is 3.44. The molecular formula is C21H23ClF2N2O2. The van der Waals surface area contributed by atoms with Gasteiger partial charge in [0.2, 0.25) is 0 Å². The quantitative estimate of drug-likeness (QED) is 0.825. The number of likely N-dealkylation sites (tertiary alicyclic amines) is 1. The second kappa shape index (κ2) is 8.88. The van der Waals surface area contributed by atoms with E-state index in [1.165, 1.54) is 6.07 Å². The molecule has 2 aliphatic rings. The van der Waals surface area contributed by atoms with Gasteiger partial charge >= 0.3 is 0 Å². The van der Waals surface area contributed by atoms with E-state index in [2.05, 4.69) is 5.32 Å². The van der Waals surface area contributed by atoms with E-state index in [1.807, 2.05) is 4.90 Å². The summed E-state index contributed by atoms with van der Waals surface area (Å²) in [5.41, 5.74) is 0.609. The van der Waals surface area contributed by atoms with Gasteiger partial charge in [-0.2, -0.15) is 0 Å². The third-order valence-corrected chi connectivity index (χ3v) is 5.53. The van der Waals surface area contributed by atoms with Gasteiger partial charge in [-0.05, 0) is 74.2 Å². The third-order valence-electron chi connectivity index (χ3n) is 5.53. The van der Waals surface area contributed by atoms with Crippen LogP contribution in [0.3, 0.4) is 0 Å². The van der Waals surface area contributed by atoms with Gasteiger partial charge in [-0.1, -0.05) is 0 Å². The van der Waals surface area contributed by atoms with Crippen LogP contribution in [0.15, 0.2) is 42.5 Å². The number of benzene rings is 2. The highest BCUT2D eigenvalue weighted by molar-refractivity contribution is 5.94. The summed E-state index contributed by atoms with van der Waals surface area (Å²) < 4.78 is 31.8. The average Bonchev–Trinajstić information content (AvgIpc) is 3.03. The lowest BCUT2D eigenvalue weighted by Crippen LogP contribution is -2.32. The summed E-state index contributed by atoms with van der Waals surface area (Å²) in [6, 6.07) is 10.1. The zero-order valence-electron chi connectivity index (χ0n) is 15.4. The fourth-order valence-electron chi connectivity index (χ4n) is 3.95. The zero-order chi connectivity index (χ0) is 18.8. The van der Waals surface area contributed by atoms with E-state index in [4.69, 9.17) is 4.74 Å². The normalized spacial score (nSPS) is 21.4. The minimum atomic E-state index is -0.958. The van der Waals surface area contributed by atoms with Crippen LogP contribution in [0.4, 0.5) is 8.78 Å². The second-order valence-corrected chi connectivity index (χ2v) is 7.25. The Hall–Kier alpha value is -2.18. The molecule has 0 aliphatic carbocycles. The minimum Gasteiger partial charge on any atom is -0.457 e. The van der Waals surface area contributed by atoms with Crippen molar-refractivity contribution in [1.29, 1.82) is 0 Å². The third kappa shape index (κ3) is 4.45. The van der Waals surface area contributed by atoms with E-state index < -0.39 is 11.6 Å². The Labute approximate surface area is 169 Å². The van der Waals surface area contributed by atoms with Crippen molar-refractivity contribution in [2.45, 2.75) is 12.8 Å². The fraction of sp³-hybridized carbons (Fsp3) is 0.381. The Morgan fingerprint density at radius 3 is 2.14 bits per heavy atom. The SMILES string of the molecule is Cl.O=C(c1ccc(Oc2ccc(F)c(F)c2)cc1)N1CC[C@@H]2CNC[C@@H]2CC1. The first-order valence-corrected chi connectivity index (χ1v) is 9.33. The van der Waals surface area contributed by atoms with Gasteiger partial charge in [0.1, 0.15) is 11.5 Å². The topological polar surface area (TPSA) is 41.6 Å². The molecule has 0 unspecified atom stereocenters.